The molecular formula is C11H19N3S. The molecule has 0 aromatic carbocycles. The van der Waals surface area contributed by atoms with Crippen molar-refractivity contribution in [2.75, 3.05) is 22.6 Å². The highest BCUT2D eigenvalue weighted by Crippen LogP contribution is 2.16. The molecule has 3 N–H and O–H groups in total. The number of rotatable bonds is 6. The van der Waals surface area contributed by atoms with Gasteiger partial charge in [-0.05, 0) is 37.0 Å². The van der Waals surface area contributed by atoms with Crippen LogP contribution in [0.2, 0.25) is 0 Å². The Balaban J connectivity index is 2.37. The molecule has 0 aliphatic carbocycles. The summed E-state index contributed by atoms with van der Waals surface area (Å²) in [5.41, 5.74) is 6.68. The van der Waals surface area contributed by atoms with Crippen LogP contribution in [0.5, 0.6) is 0 Å². The lowest BCUT2D eigenvalue weighted by Crippen LogP contribution is -2.17. The highest BCUT2D eigenvalue weighted by atomic mass is 32.2. The van der Waals surface area contributed by atoms with E-state index in [9.17, 15) is 0 Å². The third-order valence-electron chi connectivity index (χ3n) is 2.14. The van der Waals surface area contributed by atoms with E-state index in [0.717, 1.165) is 12.1 Å². The number of hydrogen-bond acceptors (Lipinski definition) is 4. The van der Waals surface area contributed by atoms with Crippen LogP contribution in [0.1, 0.15) is 20.3 Å². The molecule has 0 amide bonds. The molecule has 1 atom stereocenters. The zero-order valence-electron chi connectivity index (χ0n) is 9.36. The third-order valence-corrected chi connectivity index (χ3v) is 3.07. The van der Waals surface area contributed by atoms with Gasteiger partial charge in [0, 0.05) is 12.2 Å². The van der Waals surface area contributed by atoms with Crippen molar-refractivity contribution >= 4 is 23.3 Å². The van der Waals surface area contributed by atoms with Crippen LogP contribution in [0, 0.1) is 0 Å². The molecule has 1 aromatic rings. The number of pyridine rings is 1. The van der Waals surface area contributed by atoms with Gasteiger partial charge in [0.25, 0.3) is 0 Å². The van der Waals surface area contributed by atoms with Crippen LogP contribution in [0.4, 0.5) is 11.5 Å². The van der Waals surface area contributed by atoms with Crippen LogP contribution in [-0.4, -0.2) is 22.5 Å². The Bertz CT molecular complexity index is 291. The molecular weight excluding hydrogens is 206 g/mol. The monoisotopic (exact) mass is 225 g/mol. The predicted octanol–water partition coefficient (Wildman–Crippen LogP) is 2.61. The van der Waals surface area contributed by atoms with E-state index in [2.05, 4.69) is 24.1 Å². The second-order valence-corrected chi connectivity index (χ2v) is 4.86. The van der Waals surface area contributed by atoms with Crippen molar-refractivity contribution in [2.45, 2.75) is 26.3 Å². The number of nitrogens with one attached hydrogen (secondary N) is 1. The summed E-state index contributed by atoms with van der Waals surface area (Å²) in [4.78, 5) is 4.04. The number of nitrogens with zero attached hydrogens (tertiary/aromatic N) is 1. The van der Waals surface area contributed by atoms with Gasteiger partial charge in [0.2, 0.25) is 0 Å². The molecule has 84 valence electrons. The second-order valence-electron chi connectivity index (χ2n) is 3.47. The minimum atomic E-state index is 0.440. The van der Waals surface area contributed by atoms with Crippen molar-refractivity contribution in [1.82, 2.24) is 4.98 Å². The van der Waals surface area contributed by atoms with Crippen molar-refractivity contribution in [2.24, 2.45) is 0 Å². The van der Waals surface area contributed by atoms with E-state index < -0.39 is 0 Å². The molecule has 0 aliphatic rings. The number of nitrogens with two attached hydrogens (primary N) is 1. The number of aromatic nitrogens is 1. The van der Waals surface area contributed by atoms with Crippen LogP contribution in [0.3, 0.4) is 0 Å². The molecule has 3 nitrogen and oxygen atoms in total. The molecule has 15 heavy (non-hydrogen) atoms. The fourth-order valence-corrected chi connectivity index (χ4v) is 2.09. The van der Waals surface area contributed by atoms with Crippen LogP contribution in [0.25, 0.3) is 0 Å². The Morgan fingerprint density at radius 2 is 2.40 bits per heavy atom. The topological polar surface area (TPSA) is 50.9 Å². The van der Waals surface area contributed by atoms with Crippen LogP contribution < -0.4 is 11.1 Å². The highest BCUT2D eigenvalue weighted by Gasteiger charge is 2.04. The third kappa shape index (κ3) is 4.42. The molecule has 0 bridgehead atoms. The van der Waals surface area contributed by atoms with E-state index in [4.69, 9.17) is 5.73 Å². The maximum Gasteiger partial charge on any atom is 0.146 e. The number of hydrogen-bond donors (Lipinski definition) is 2. The lowest BCUT2D eigenvalue weighted by atomic mass is 10.2. The molecule has 0 radical (unpaired) electrons. The average Bonchev–Trinajstić information content (AvgIpc) is 2.22. The molecule has 0 aliphatic heterocycles. The van der Waals surface area contributed by atoms with Crippen LogP contribution >= 0.6 is 11.8 Å². The van der Waals surface area contributed by atoms with Gasteiger partial charge in [-0.3, -0.25) is 0 Å². The number of anilines is 2. The zero-order chi connectivity index (χ0) is 11.1. The largest absolute Gasteiger partial charge is 0.382 e. The van der Waals surface area contributed by atoms with Crippen molar-refractivity contribution in [3.63, 3.8) is 0 Å². The van der Waals surface area contributed by atoms with Gasteiger partial charge in [0.05, 0.1) is 5.69 Å². The Hall–Kier alpha value is -0.900. The molecule has 0 spiro atoms. The Labute approximate surface area is 95.9 Å². The SMILES string of the molecule is CCSCCC(C)Nc1cccnc1N. The van der Waals surface area contributed by atoms with E-state index in [-0.39, 0.29) is 0 Å². The van der Waals surface area contributed by atoms with E-state index in [0.29, 0.717) is 11.9 Å². The van der Waals surface area contributed by atoms with Gasteiger partial charge < -0.3 is 11.1 Å². The summed E-state index contributed by atoms with van der Waals surface area (Å²) in [6.07, 6.45) is 2.85. The van der Waals surface area contributed by atoms with Crippen molar-refractivity contribution in [3.8, 4) is 0 Å². The van der Waals surface area contributed by atoms with Crippen molar-refractivity contribution in [1.29, 1.82) is 0 Å². The summed E-state index contributed by atoms with van der Waals surface area (Å²) in [7, 11) is 0. The number of thioether (sulfide) groups is 1. The second kappa shape index (κ2) is 6.56. The maximum atomic E-state index is 5.74. The van der Waals surface area contributed by atoms with Gasteiger partial charge in [-0.15, -0.1) is 0 Å². The number of nitrogen functional groups attached to an aromatic ring is 1. The summed E-state index contributed by atoms with van der Waals surface area (Å²) in [6.45, 7) is 4.35. The fourth-order valence-electron chi connectivity index (χ4n) is 1.28. The summed E-state index contributed by atoms with van der Waals surface area (Å²) in [5.74, 6) is 2.94. The van der Waals surface area contributed by atoms with Crippen molar-refractivity contribution < 1.29 is 0 Å². The summed E-state index contributed by atoms with van der Waals surface area (Å²) >= 11 is 1.96. The quantitative estimate of drug-likeness (QED) is 0.731. The normalized spacial score (nSPS) is 12.4. The van der Waals surface area contributed by atoms with Crippen LogP contribution in [0.15, 0.2) is 18.3 Å². The molecule has 0 saturated carbocycles. The zero-order valence-corrected chi connectivity index (χ0v) is 10.2. The Morgan fingerprint density at radius 3 is 3.07 bits per heavy atom. The first-order valence-corrected chi connectivity index (χ1v) is 6.44. The van der Waals surface area contributed by atoms with Gasteiger partial charge >= 0.3 is 0 Å². The Morgan fingerprint density at radius 1 is 1.60 bits per heavy atom. The minimum Gasteiger partial charge on any atom is -0.382 e. The van der Waals surface area contributed by atoms with E-state index in [1.54, 1.807) is 6.20 Å². The van der Waals surface area contributed by atoms with Gasteiger partial charge in [-0.2, -0.15) is 11.8 Å². The molecule has 1 heterocycles. The lowest BCUT2D eigenvalue weighted by Gasteiger charge is -2.15. The molecule has 1 unspecified atom stereocenters. The van der Waals surface area contributed by atoms with E-state index in [1.807, 2.05) is 23.9 Å². The lowest BCUT2D eigenvalue weighted by molar-refractivity contribution is 0.771. The van der Waals surface area contributed by atoms with Gasteiger partial charge in [-0.25, -0.2) is 4.98 Å². The minimum absolute atomic E-state index is 0.440. The molecule has 1 rings (SSSR count). The maximum absolute atomic E-state index is 5.74. The molecule has 0 fully saturated rings. The van der Waals surface area contributed by atoms with Gasteiger partial charge in [0.15, 0.2) is 0 Å². The fraction of sp³-hybridized carbons (Fsp3) is 0.545. The first kappa shape index (κ1) is 12.2. The molecule has 1 aromatic heterocycles. The van der Waals surface area contributed by atoms with Crippen LogP contribution in [-0.2, 0) is 0 Å². The van der Waals surface area contributed by atoms with Gasteiger partial charge in [-0.1, -0.05) is 6.92 Å². The summed E-state index contributed by atoms with van der Waals surface area (Å²) in [5, 5.41) is 3.37. The molecule has 0 saturated heterocycles. The summed E-state index contributed by atoms with van der Waals surface area (Å²) < 4.78 is 0. The summed E-state index contributed by atoms with van der Waals surface area (Å²) in [6, 6.07) is 4.30. The first-order chi connectivity index (χ1) is 7.24. The van der Waals surface area contributed by atoms with Crippen molar-refractivity contribution in [3.05, 3.63) is 18.3 Å². The predicted molar refractivity (Wildman–Crippen MR) is 69.4 cm³/mol. The first-order valence-electron chi connectivity index (χ1n) is 5.28. The van der Waals surface area contributed by atoms with E-state index in [1.165, 1.54) is 11.5 Å². The van der Waals surface area contributed by atoms with Gasteiger partial charge in [0.1, 0.15) is 5.82 Å². The average molecular weight is 225 g/mol. The molecule has 4 heteroatoms. The standard InChI is InChI=1S/C11H19N3S/c1-3-15-8-6-9(2)14-10-5-4-7-13-11(10)12/h4-5,7,9,14H,3,6,8H2,1-2H3,(H2,12,13). The Kier molecular flexibility index (Phi) is 5.32. The smallest absolute Gasteiger partial charge is 0.146 e. The van der Waals surface area contributed by atoms with E-state index >= 15 is 0 Å². The highest BCUT2D eigenvalue weighted by molar-refractivity contribution is 7.99.